The van der Waals surface area contributed by atoms with Gasteiger partial charge in [-0.1, -0.05) is 23.7 Å². The molecular weight excluding hydrogens is 522 g/mol. The molecule has 1 aliphatic heterocycles. The average molecular weight is 541 g/mol. The van der Waals surface area contributed by atoms with Crippen LogP contribution >= 0.6 is 11.6 Å². The van der Waals surface area contributed by atoms with E-state index >= 15 is 4.39 Å². The van der Waals surface area contributed by atoms with Crippen molar-refractivity contribution in [1.82, 2.24) is 15.0 Å². The van der Waals surface area contributed by atoms with Crippen LogP contribution in [-0.2, 0) is 10.0 Å². The van der Waals surface area contributed by atoms with Crippen LogP contribution in [-0.4, -0.2) is 29.6 Å². The molecule has 4 aromatic rings. The molecule has 1 atom stereocenters. The normalized spacial score (nSPS) is 15.4. The average Bonchev–Trinajstić information content (AvgIpc) is 3.21. The van der Waals surface area contributed by atoms with Crippen molar-refractivity contribution in [1.29, 1.82) is 0 Å². The zero-order valence-corrected chi connectivity index (χ0v) is 21.1. The number of rotatable bonds is 6. The molecule has 2 aromatic carbocycles. The van der Waals surface area contributed by atoms with Crippen molar-refractivity contribution in [2.45, 2.75) is 24.7 Å². The molecule has 1 aliphatic rings. The van der Waals surface area contributed by atoms with Gasteiger partial charge in [-0.15, -0.1) is 0 Å². The number of nitrogens with one attached hydrogen (secondary N) is 2. The van der Waals surface area contributed by atoms with E-state index in [0.29, 0.717) is 11.2 Å². The van der Waals surface area contributed by atoms with Crippen LogP contribution in [0.2, 0.25) is 5.02 Å². The van der Waals surface area contributed by atoms with E-state index in [1.807, 2.05) is 19.9 Å². The number of allylic oxidation sites excluding steroid dienone is 2. The largest absolute Gasteiger partial charge is 0.333 e. The third-order valence-electron chi connectivity index (χ3n) is 5.98. The van der Waals surface area contributed by atoms with Crippen molar-refractivity contribution in [3.63, 3.8) is 0 Å². The first-order valence-corrected chi connectivity index (χ1v) is 12.9. The molecule has 2 aromatic heterocycles. The molecule has 188 valence electrons. The fourth-order valence-electron chi connectivity index (χ4n) is 3.87. The highest BCUT2D eigenvalue weighted by Gasteiger charge is 2.24. The van der Waals surface area contributed by atoms with Crippen LogP contribution in [0, 0.1) is 11.6 Å². The summed E-state index contributed by atoms with van der Waals surface area (Å²) in [7, 11) is -4.26. The topological polar surface area (TPSA) is 109 Å². The van der Waals surface area contributed by atoms with E-state index in [4.69, 9.17) is 11.6 Å². The number of sulfonamides is 1. The third kappa shape index (κ3) is 4.63. The molecular formula is C25H19ClF2N6O2S. The molecule has 1 unspecified atom stereocenters. The van der Waals surface area contributed by atoms with Gasteiger partial charge in [0, 0.05) is 11.9 Å². The maximum absolute atomic E-state index is 15.4. The number of nitrogens with zero attached hydrogens (tertiary/aromatic N) is 4. The number of aromatic nitrogens is 3. The first kappa shape index (κ1) is 24.7. The quantitative estimate of drug-likeness (QED) is 0.312. The van der Waals surface area contributed by atoms with Gasteiger partial charge in [0.25, 0.3) is 10.0 Å². The fraction of sp³-hybridized carbons (Fsp3) is 0.120. The second kappa shape index (κ2) is 9.49. The van der Waals surface area contributed by atoms with Crippen molar-refractivity contribution in [2.75, 3.05) is 10.0 Å². The Kier molecular flexibility index (Phi) is 6.34. The molecule has 0 fully saturated rings. The molecule has 0 saturated heterocycles. The van der Waals surface area contributed by atoms with Gasteiger partial charge in [-0.3, -0.25) is 9.71 Å². The summed E-state index contributed by atoms with van der Waals surface area (Å²) < 4.78 is 57.9. The van der Waals surface area contributed by atoms with Crippen LogP contribution in [0.5, 0.6) is 0 Å². The molecule has 5 rings (SSSR count). The molecule has 0 saturated carbocycles. The lowest BCUT2D eigenvalue weighted by molar-refractivity contribution is 0.588. The number of aliphatic imine (C=N–C) groups is 1. The summed E-state index contributed by atoms with van der Waals surface area (Å²) in [5, 5.41) is 2.58. The second-order valence-electron chi connectivity index (χ2n) is 8.30. The van der Waals surface area contributed by atoms with Crippen LogP contribution in [0.15, 0.2) is 76.0 Å². The van der Waals surface area contributed by atoms with Crippen molar-refractivity contribution in [2.24, 2.45) is 4.99 Å². The maximum Gasteiger partial charge on any atom is 0.263 e. The molecule has 3 heterocycles. The second-order valence-corrected chi connectivity index (χ2v) is 10.4. The molecule has 0 bridgehead atoms. The fourth-order valence-corrected chi connectivity index (χ4v) is 5.45. The zero-order chi connectivity index (χ0) is 26.3. The zero-order valence-electron chi connectivity index (χ0n) is 19.5. The molecule has 2 N–H and O–H groups in total. The first-order valence-electron chi connectivity index (χ1n) is 11.0. The SMILES string of the molecule is CC1=C(C)C(c2ccc3ncnc(Nc4c(F)ccc(NS(=O)(=O)c5ccccc5Cl)c4F)c3n2)C=N1. The number of anilines is 3. The van der Waals surface area contributed by atoms with E-state index in [9.17, 15) is 12.8 Å². The summed E-state index contributed by atoms with van der Waals surface area (Å²) in [5.74, 6) is -2.23. The number of benzene rings is 2. The highest BCUT2D eigenvalue weighted by atomic mass is 35.5. The monoisotopic (exact) mass is 540 g/mol. The van der Waals surface area contributed by atoms with Gasteiger partial charge in [0.15, 0.2) is 11.6 Å². The Balaban J connectivity index is 1.53. The van der Waals surface area contributed by atoms with Crippen LogP contribution in [0.25, 0.3) is 11.0 Å². The van der Waals surface area contributed by atoms with E-state index in [0.717, 1.165) is 23.4 Å². The smallest absolute Gasteiger partial charge is 0.263 e. The van der Waals surface area contributed by atoms with E-state index in [1.54, 1.807) is 18.3 Å². The minimum absolute atomic E-state index is 0.0437. The molecule has 0 radical (unpaired) electrons. The van der Waals surface area contributed by atoms with Crippen LogP contribution in [0.4, 0.5) is 26.0 Å². The Labute approximate surface area is 216 Å². The maximum atomic E-state index is 15.4. The molecule has 0 aliphatic carbocycles. The molecule has 12 heteroatoms. The summed E-state index contributed by atoms with van der Waals surface area (Å²) in [6.45, 7) is 3.86. The van der Waals surface area contributed by atoms with Crippen LogP contribution < -0.4 is 10.0 Å². The predicted molar refractivity (Wildman–Crippen MR) is 139 cm³/mol. The van der Waals surface area contributed by atoms with Crippen LogP contribution in [0.3, 0.4) is 0 Å². The molecule has 37 heavy (non-hydrogen) atoms. The van der Waals surface area contributed by atoms with Crippen molar-refractivity contribution < 1.29 is 17.2 Å². The van der Waals surface area contributed by atoms with Gasteiger partial charge in [-0.05, 0) is 55.8 Å². The highest BCUT2D eigenvalue weighted by molar-refractivity contribution is 7.92. The van der Waals surface area contributed by atoms with E-state index in [1.165, 1.54) is 24.5 Å². The Morgan fingerprint density at radius 1 is 1.00 bits per heavy atom. The Hall–Kier alpha value is -3.96. The Morgan fingerprint density at radius 2 is 1.78 bits per heavy atom. The van der Waals surface area contributed by atoms with Gasteiger partial charge in [-0.2, -0.15) is 0 Å². The van der Waals surface area contributed by atoms with Crippen molar-refractivity contribution in [3.8, 4) is 0 Å². The summed E-state index contributed by atoms with van der Waals surface area (Å²) >= 11 is 5.99. The predicted octanol–water partition coefficient (Wildman–Crippen LogP) is 5.96. The first-order chi connectivity index (χ1) is 17.7. The highest BCUT2D eigenvalue weighted by Crippen LogP contribution is 2.34. The summed E-state index contributed by atoms with van der Waals surface area (Å²) in [4.78, 5) is 17.1. The molecule has 0 amide bonds. The number of fused-ring (bicyclic) bond motifs is 1. The Morgan fingerprint density at radius 3 is 2.51 bits per heavy atom. The third-order valence-corrected chi connectivity index (χ3v) is 7.85. The number of halogens is 3. The van der Waals surface area contributed by atoms with E-state index in [-0.39, 0.29) is 27.2 Å². The molecule has 8 nitrogen and oxygen atoms in total. The van der Waals surface area contributed by atoms with E-state index < -0.39 is 33.0 Å². The van der Waals surface area contributed by atoms with Gasteiger partial charge >= 0.3 is 0 Å². The van der Waals surface area contributed by atoms with E-state index in [2.05, 4.69) is 30.0 Å². The lowest BCUT2D eigenvalue weighted by atomic mass is 9.98. The van der Waals surface area contributed by atoms with Gasteiger partial charge < -0.3 is 5.32 Å². The van der Waals surface area contributed by atoms with Gasteiger partial charge in [0.2, 0.25) is 0 Å². The lowest BCUT2D eigenvalue weighted by Gasteiger charge is -2.15. The van der Waals surface area contributed by atoms with Crippen molar-refractivity contribution in [3.05, 3.63) is 88.5 Å². The number of pyridine rings is 1. The van der Waals surface area contributed by atoms with Gasteiger partial charge in [0.1, 0.15) is 28.2 Å². The lowest BCUT2D eigenvalue weighted by Crippen LogP contribution is -2.15. The number of hydrogen-bond donors (Lipinski definition) is 2. The summed E-state index contributed by atoms with van der Waals surface area (Å²) in [5.41, 5.74) is 2.25. The summed E-state index contributed by atoms with van der Waals surface area (Å²) in [6, 6.07) is 11.2. The molecule has 0 spiro atoms. The number of hydrogen-bond acceptors (Lipinski definition) is 7. The summed E-state index contributed by atoms with van der Waals surface area (Å²) in [6.07, 6.45) is 3.02. The van der Waals surface area contributed by atoms with Gasteiger partial charge in [0.05, 0.1) is 27.8 Å². The minimum atomic E-state index is -4.26. The van der Waals surface area contributed by atoms with Crippen LogP contribution in [0.1, 0.15) is 25.5 Å². The van der Waals surface area contributed by atoms with Crippen molar-refractivity contribution >= 4 is 56.1 Å². The minimum Gasteiger partial charge on any atom is -0.333 e. The standard InChI is InChI=1S/C25H19ClF2N6O2S/c1-13-14(2)29-11-15(13)18-9-10-20-24(32-18)25(31-12-30-20)33-23-17(27)7-8-19(22(23)28)34-37(35,36)21-6-4-3-5-16(21)26/h3-12,15,34H,1-2H3,(H,30,31,33). The van der Waals surface area contributed by atoms with Gasteiger partial charge in [-0.25, -0.2) is 32.2 Å². The Bertz CT molecular complexity index is 1730.